The molecule has 0 saturated carbocycles. The highest BCUT2D eigenvalue weighted by molar-refractivity contribution is 6.04. The van der Waals surface area contributed by atoms with Gasteiger partial charge >= 0.3 is 0 Å². The molecule has 0 spiro atoms. The maximum Gasteiger partial charge on any atom is 0.255 e. The monoisotopic (exact) mass is 376 g/mol. The molecule has 6 heteroatoms. The number of hydrogen-bond acceptors (Lipinski definition) is 3. The first kappa shape index (κ1) is 19.4. The molecular weight excluding hydrogens is 352 g/mol. The lowest BCUT2D eigenvalue weighted by Crippen LogP contribution is -2.14. The van der Waals surface area contributed by atoms with E-state index in [9.17, 15) is 9.59 Å². The minimum absolute atomic E-state index is 0.0120. The van der Waals surface area contributed by atoms with E-state index in [4.69, 9.17) is 0 Å². The largest absolute Gasteiger partial charge is 0.326 e. The van der Waals surface area contributed by atoms with Crippen molar-refractivity contribution in [2.75, 3.05) is 10.6 Å². The average Bonchev–Trinajstić information content (AvgIpc) is 3.16. The van der Waals surface area contributed by atoms with Crippen LogP contribution in [0.25, 0.3) is 0 Å². The molecule has 1 aromatic heterocycles. The van der Waals surface area contributed by atoms with E-state index in [0.717, 1.165) is 5.56 Å². The van der Waals surface area contributed by atoms with Crippen molar-refractivity contribution in [3.63, 3.8) is 0 Å². The van der Waals surface area contributed by atoms with Gasteiger partial charge in [0.2, 0.25) is 5.91 Å². The summed E-state index contributed by atoms with van der Waals surface area (Å²) in [4.78, 5) is 24.2. The zero-order valence-corrected chi connectivity index (χ0v) is 16.1. The van der Waals surface area contributed by atoms with Crippen molar-refractivity contribution in [1.29, 1.82) is 0 Å². The minimum Gasteiger partial charge on any atom is -0.326 e. The number of aromatic nitrogens is 2. The predicted molar refractivity (Wildman–Crippen MR) is 110 cm³/mol. The van der Waals surface area contributed by atoms with Gasteiger partial charge in [0.1, 0.15) is 0 Å². The third kappa shape index (κ3) is 5.54. The molecule has 3 aromatic rings. The van der Waals surface area contributed by atoms with Crippen molar-refractivity contribution in [3.05, 3.63) is 78.1 Å². The van der Waals surface area contributed by atoms with Crippen molar-refractivity contribution >= 4 is 23.2 Å². The number of carbonyl (C=O) groups is 2. The van der Waals surface area contributed by atoms with Crippen LogP contribution >= 0.6 is 0 Å². The van der Waals surface area contributed by atoms with Crippen LogP contribution in [0.1, 0.15) is 36.2 Å². The highest BCUT2D eigenvalue weighted by Gasteiger charge is 2.08. The van der Waals surface area contributed by atoms with E-state index in [1.54, 1.807) is 42.6 Å². The van der Waals surface area contributed by atoms with Crippen molar-refractivity contribution in [3.8, 4) is 0 Å². The van der Waals surface area contributed by atoms with Gasteiger partial charge < -0.3 is 10.6 Å². The Hall–Kier alpha value is -3.41. The number of amides is 2. The number of anilines is 2. The van der Waals surface area contributed by atoms with Crippen molar-refractivity contribution in [2.24, 2.45) is 5.92 Å². The van der Waals surface area contributed by atoms with Crippen LogP contribution in [0.4, 0.5) is 11.4 Å². The first-order chi connectivity index (χ1) is 13.5. The fourth-order valence-electron chi connectivity index (χ4n) is 2.77. The van der Waals surface area contributed by atoms with Gasteiger partial charge in [-0.3, -0.25) is 14.3 Å². The molecule has 2 aromatic carbocycles. The normalized spacial score (nSPS) is 10.7. The fourth-order valence-corrected chi connectivity index (χ4v) is 2.77. The summed E-state index contributed by atoms with van der Waals surface area (Å²) < 4.78 is 1.83. The SMILES string of the molecule is CC(C)CC(=O)Nc1ccc(NC(=O)c2ccc(Cn3cccn3)cc2)cc1. The summed E-state index contributed by atoms with van der Waals surface area (Å²) in [6, 6.07) is 16.4. The molecule has 144 valence electrons. The van der Waals surface area contributed by atoms with E-state index >= 15 is 0 Å². The van der Waals surface area contributed by atoms with Gasteiger partial charge in [-0.05, 0) is 53.9 Å². The van der Waals surface area contributed by atoms with Crippen LogP contribution in [0.15, 0.2) is 67.0 Å². The number of nitrogens with zero attached hydrogens (tertiary/aromatic N) is 2. The maximum atomic E-state index is 12.4. The lowest BCUT2D eigenvalue weighted by Gasteiger charge is -2.09. The Kier molecular flexibility index (Phi) is 6.22. The van der Waals surface area contributed by atoms with Gasteiger partial charge in [0.15, 0.2) is 0 Å². The average molecular weight is 376 g/mol. The summed E-state index contributed by atoms with van der Waals surface area (Å²) in [6.07, 6.45) is 4.12. The van der Waals surface area contributed by atoms with Crippen LogP contribution in [0, 0.1) is 5.92 Å². The highest BCUT2D eigenvalue weighted by Crippen LogP contribution is 2.16. The van der Waals surface area contributed by atoms with Gasteiger partial charge in [-0.2, -0.15) is 5.10 Å². The molecule has 28 heavy (non-hydrogen) atoms. The zero-order chi connectivity index (χ0) is 19.9. The molecule has 0 aliphatic rings. The van der Waals surface area contributed by atoms with Crippen LogP contribution in [-0.4, -0.2) is 21.6 Å². The summed E-state index contributed by atoms with van der Waals surface area (Å²) in [6.45, 7) is 4.67. The van der Waals surface area contributed by atoms with E-state index in [1.807, 2.05) is 42.9 Å². The van der Waals surface area contributed by atoms with Crippen LogP contribution in [0.2, 0.25) is 0 Å². The molecular formula is C22H24N4O2. The summed E-state index contributed by atoms with van der Waals surface area (Å²) in [5, 5.41) is 9.89. The third-order valence-electron chi connectivity index (χ3n) is 4.14. The molecule has 3 rings (SSSR count). The van der Waals surface area contributed by atoms with E-state index in [2.05, 4.69) is 15.7 Å². The number of nitrogens with one attached hydrogen (secondary N) is 2. The Morgan fingerprint density at radius 3 is 2.18 bits per heavy atom. The zero-order valence-electron chi connectivity index (χ0n) is 16.1. The van der Waals surface area contributed by atoms with Crippen LogP contribution in [0.3, 0.4) is 0 Å². The molecule has 0 atom stereocenters. The van der Waals surface area contributed by atoms with Crippen molar-refractivity contribution in [2.45, 2.75) is 26.8 Å². The van der Waals surface area contributed by atoms with Crippen LogP contribution in [0.5, 0.6) is 0 Å². The topological polar surface area (TPSA) is 76.0 Å². The van der Waals surface area contributed by atoms with E-state index < -0.39 is 0 Å². The Balaban J connectivity index is 1.56. The molecule has 0 unspecified atom stereocenters. The maximum absolute atomic E-state index is 12.4. The van der Waals surface area contributed by atoms with Gasteiger partial charge in [0.25, 0.3) is 5.91 Å². The second kappa shape index (κ2) is 8.99. The Bertz CT molecular complexity index is 914. The summed E-state index contributed by atoms with van der Waals surface area (Å²) in [5.74, 6) is 0.119. The lowest BCUT2D eigenvalue weighted by atomic mass is 10.1. The second-order valence-corrected chi connectivity index (χ2v) is 7.08. The second-order valence-electron chi connectivity index (χ2n) is 7.08. The summed E-state index contributed by atoms with van der Waals surface area (Å²) in [5.41, 5.74) is 3.04. The van der Waals surface area contributed by atoms with Gasteiger partial charge in [-0.25, -0.2) is 0 Å². The molecule has 1 heterocycles. The third-order valence-corrected chi connectivity index (χ3v) is 4.14. The Morgan fingerprint density at radius 1 is 0.964 bits per heavy atom. The summed E-state index contributed by atoms with van der Waals surface area (Å²) >= 11 is 0. The van der Waals surface area contributed by atoms with Gasteiger partial charge in [-0.1, -0.05) is 26.0 Å². The molecule has 0 aliphatic heterocycles. The molecule has 0 bridgehead atoms. The van der Waals surface area contributed by atoms with E-state index in [-0.39, 0.29) is 11.8 Å². The quantitative estimate of drug-likeness (QED) is 0.650. The van der Waals surface area contributed by atoms with Crippen molar-refractivity contribution in [1.82, 2.24) is 9.78 Å². The number of benzene rings is 2. The van der Waals surface area contributed by atoms with Crippen molar-refractivity contribution < 1.29 is 9.59 Å². The number of rotatable bonds is 7. The van der Waals surface area contributed by atoms with E-state index in [0.29, 0.717) is 35.8 Å². The van der Waals surface area contributed by atoms with Gasteiger partial charge in [0, 0.05) is 35.8 Å². The van der Waals surface area contributed by atoms with E-state index in [1.165, 1.54) is 0 Å². The molecule has 0 radical (unpaired) electrons. The van der Waals surface area contributed by atoms with Gasteiger partial charge in [-0.15, -0.1) is 0 Å². The standard InChI is InChI=1S/C22H24N4O2/c1-16(2)14-21(27)24-19-8-10-20(11-9-19)25-22(28)18-6-4-17(5-7-18)15-26-13-3-12-23-26/h3-13,16H,14-15H2,1-2H3,(H,24,27)(H,25,28). The predicted octanol–water partition coefficient (Wildman–Crippen LogP) is 4.17. The molecule has 6 nitrogen and oxygen atoms in total. The smallest absolute Gasteiger partial charge is 0.255 e. The highest BCUT2D eigenvalue weighted by atomic mass is 16.2. The van der Waals surface area contributed by atoms with Crippen LogP contribution in [-0.2, 0) is 11.3 Å². The minimum atomic E-state index is -0.178. The molecule has 2 N–H and O–H groups in total. The Labute approximate surface area is 164 Å². The van der Waals surface area contributed by atoms with Crippen LogP contribution < -0.4 is 10.6 Å². The summed E-state index contributed by atoms with van der Waals surface area (Å²) in [7, 11) is 0. The lowest BCUT2D eigenvalue weighted by molar-refractivity contribution is -0.116. The number of hydrogen-bond donors (Lipinski definition) is 2. The molecule has 0 saturated heterocycles. The molecule has 0 fully saturated rings. The first-order valence-electron chi connectivity index (χ1n) is 9.27. The molecule has 0 aliphatic carbocycles. The number of carbonyl (C=O) groups excluding carboxylic acids is 2. The van der Waals surface area contributed by atoms with Gasteiger partial charge in [0.05, 0.1) is 6.54 Å². The Morgan fingerprint density at radius 2 is 1.61 bits per heavy atom. The fraction of sp³-hybridized carbons (Fsp3) is 0.227. The molecule has 2 amide bonds. The first-order valence-corrected chi connectivity index (χ1v) is 9.27.